The SMILES string of the molecule is CCCN(CCC1CCCC1(CO)NC(C)C)C(C)C. The molecular formula is C17H36N2O. The smallest absolute Gasteiger partial charge is 0.0616 e. The van der Waals surface area contributed by atoms with Crippen LogP contribution in [0.1, 0.15) is 66.7 Å². The molecule has 0 heterocycles. The van der Waals surface area contributed by atoms with E-state index in [4.69, 9.17) is 0 Å². The van der Waals surface area contributed by atoms with Gasteiger partial charge in [0.1, 0.15) is 0 Å². The minimum atomic E-state index is -0.0248. The second-order valence-corrected chi connectivity index (χ2v) is 7.12. The Balaban J connectivity index is 2.60. The fourth-order valence-electron chi connectivity index (χ4n) is 3.82. The van der Waals surface area contributed by atoms with Crippen molar-refractivity contribution in [3.63, 3.8) is 0 Å². The summed E-state index contributed by atoms with van der Waals surface area (Å²) in [6.07, 6.45) is 6.07. The first-order valence-corrected chi connectivity index (χ1v) is 8.57. The van der Waals surface area contributed by atoms with Gasteiger partial charge in [0.15, 0.2) is 0 Å². The molecule has 0 spiro atoms. The molecule has 2 atom stereocenters. The van der Waals surface area contributed by atoms with Gasteiger partial charge < -0.3 is 15.3 Å². The van der Waals surface area contributed by atoms with Crippen molar-refractivity contribution in [1.82, 2.24) is 10.2 Å². The van der Waals surface area contributed by atoms with Crippen LogP contribution in [0, 0.1) is 5.92 Å². The molecule has 3 heteroatoms. The van der Waals surface area contributed by atoms with E-state index in [2.05, 4.69) is 44.8 Å². The van der Waals surface area contributed by atoms with Crippen LogP contribution in [0.2, 0.25) is 0 Å². The zero-order valence-corrected chi connectivity index (χ0v) is 14.3. The van der Waals surface area contributed by atoms with Crippen molar-refractivity contribution < 1.29 is 5.11 Å². The van der Waals surface area contributed by atoms with Crippen LogP contribution >= 0.6 is 0 Å². The summed E-state index contributed by atoms with van der Waals surface area (Å²) in [7, 11) is 0. The molecule has 1 rings (SSSR count). The lowest BCUT2D eigenvalue weighted by Gasteiger charge is -2.38. The first-order valence-electron chi connectivity index (χ1n) is 8.57. The van der Waals surface area contributed by atoms with E-state index in [1.165, 1.54) is 32.2 Å². The van der Waals surface area contributed by atoms with Crippen molar-refractivity contribution in [3.8, 4) is 0 Å². The van der Waals surface area contributed by atoms with Gasteiger partial charge in [-0.3, -0.25) is 0 Å². The molecule has 3 nitrogen and oxygen atoms in total. The average Bonchev–Trinajstić information content (AvgIpc) is 2.76. The van der Waals surface area contributed by atoms with Gasteiger partial charge in [-0.1, -0.05) is 27.2 Å². The maximum Gasteiger partial charge on any atom is 0.0616 e. The highest BCUT2D eigenvalue weighted by molar-refractivity contribution is 5.00. The van der Waals surface area contributed by atoms with Gasteiger partial charge in [0.25, 0.3) is 0 Å². The molecule has 120 valence electrons. The molecular weight excluding hydrogens is 248 g/mol. The Morgan fingerprint density at radius 1 is 1.25 bits per heavy atom. The van der Waals surface area contributed by atoms with E-state index in [0.717, 1.165) is 13.0 Å². The first kappa shape index (κ1) is 17.9. The molecule has 0 aromatic heterocycles. The summed E-state index contributed by atoms with van der Waals surface area (Å²) in [5.74, 6) is 0.619. The molecule has 0 aromatic rings. The summed E-state index contributed by atoms with van der Waals surface area (Å²) in [4.78, 5) is 2.58. The predicted molar refractivity (Wildman–Crippen MR) is 87.0 cm³/mol. The lowest BCUT2D eigenvalue weighted by Crippen LogP contribution is -2.54. The Bertz CT molecular complexity index is 268. The van der Waals surface area contributed by atoms with Crippen molar-refractivity contribution in [3.05, 3.63) is 0 Å². The third kappa shape index (κ3) is 4.71. The molecule has 2 N–H and O–H groups in total. The molecule has 1 fully saturated rings. The topological polar surface area (TPSA) is 35.5 Å². The van der Waals surface area contributed by atoms with Crippen molar-refractivity contribution in [2.45, 2.75) is 84.3 Å². The molecule has 0 bridgehead atoms. The third-order valence-electron chi connectivity index (χ3n) is 4.82. The first-order chi connectivity index (χ1) is 9.45. The summed E-state index contributed by atoms with van der Waals surface area (Å²) < 4.78 is 0. The fourth-order valence-corrected chi connectivity index (χ4v) is 3.82. The Kier molecular flexibility index (Phi) is 7.49. The van der Waals surface area contributed by atoms with Gasteiger partial charge in [-0.15, -0.1) is 0 Å². The lowest BCUT2D eigenvalue weighted by atomic mass is 9.84. The Morgan fingerprint density at radius 3 is 2.45 bits per heavy atom. The zero-order valence-electron chi connectivity index (χ0n) is 14.3. The predicted octanol–water partition coefficient (Wildman–Crippen LogP) is 3.03. The highest BCUT2D eigenvalue weighted by Crippen LogP contribution is 2.38. The van der Waals surface area contributed by atoms with Crippen molar-refractivity contribution in [2.24, 2.45) is 5.92 Å². The highest BCUT2D eigenvalue weighted by atomic mass is 16.3. The number of hydrogen-bond acceptors (Lipinski definition) is 3. The van der Waals surface area contributed by atoms with Crippen LogP contribution in [0.15, 0.2) is 0 Å². The van der Waals surface area contributed by atoms with E-state index in [1.807, 2.05) is 0 Å². The van der Waals surface area contributed by atoms with Gasteiger partial charge >= 0.3 is 0 Å². The van der Waals surface area contributed by atoms with Crippen LogP contribution in [0.3, 0.4) is 0 Å². The summed E-state index contributed by atoms with van der Waals surface area (Å²) >= 11 is 0. The van der Waals surface area contributed by atoms with Gasteiger partial charge in [-0.2, -0.15) is 0 Å². The van der Waals surface area contributed by atoms with Crippen LogP contribution in [0.4, 0.5) is 0 Å². The zero-order chi connectivity index (χ0) is 15.2. The second-order valence-electron chi connectivity index (χ2n) is 7.12. The van der Waals surface area contributed by atoms with Crippen molar-refractivity contribution in [1.29, 1.82) is 0 Å². The third-order valence-corrected chi connectivity index (χ3v) is 4.82. The molecule has 20 heavy (non-hydrogen) atoms. The quantitative estimate of drug-likeness (QED) is 0.683. The van der Waals surface area contributed by atoms with E-state index in [9.17, 15) is 5.11 Å². The number of hydrogen-bond donors (Lipinski definition) is 2. The van der Waals surface area contributed by atoms with E-state index >= 15 is 0 Å². The molecule has 0 amide bonds. The number of aliphatic hydroxyl groups is 1. The largest absolute Gasteiger partial charge is 0.394 e. The van der Waals surface area contributed by atoms with Crippen LogP contribution < -0.4 is 5.32 Å². The molecule has 0 radical (unpaired) electrons. The molecule has 1 aliphatic rings. The number of nitrogens with zero attached hydrogens (tertiary/aromatic N) is 1. The Morgan fingerprint density at radius 2 is 1.95 bits per heavy atom. The van der Waals surface area contributed by atoms with E-state index < -0.39 is 0 Å². The van der Waals surface area contributed by atoms with Gasteiger partial charge in [-0.05, 0) is 58.5 Å². The molecule has 0 aliphatic heterocycles. The average molecular weight is 284 g/mol. The maximum absolute atomic E-state index is 9.94. The minimum Gasteiger partial charge on any atom is -0.394 e. The number of aliphatic hydroxyl groups excluding tert-OH is 1. The summed E-state index contributed by atoms with van der Waals surface area (Å²) in [6, 6.07) is 1.07. The van der Waals surface area contributed by atoms with Gasteiger partial charge in [0.2, 0.25) is 0 Å². The Hall–Kier alpha value is -0.120. The van der Waals surface area contributed by atoms with Gasteiger partial charge in [0.05, 0.1) is 6.61 Å². The maximum atomic E-state index is 9.94. The van der Waals surface area contributed by atoms with Crippen LogP contribution in [-0.2, 0) is 0 Å². The second kappa shape index (κ2) is 8.35. The fraction of sp³-hybridized carbons (Fsp3) is 1.00. The minimum absolute atomic E-state index is 0.0248. The van der Waals surface area contributed by atoms with Gasteiger partial charge in [-0.25, -0.2) is 0 Å². The van der Waals surface area contributed by atoms with Crippen molar-refractivity contribution >= 4 is 0 Å². The van der Waals surface area contributed by atoms with E-state index in [1.54, 1.807) is 0 Å². The van der Waals surface area contributed by atoms with Crippen molar-refractivity contribution in [2.75, 3.05) is 19.7 Å². The van der Waals surface area contributed by atoms with Crippen LogP contribution in [0.5, 0.6) is 0 Å². The molecule has 2 unspecified atom stereocenters. The molecule has 1 aliphatic carbocycles. The molecule has 0 saturated heterocycles. The normalized spacial score (nSPS) is 27.1. The van der Waals surface area contributed by atoms with Gasteiger partial charge in [0, 0.05) is 17.6 Å². The molecule has 0 aromatic carbocycles. The standard InChI is InChI=1S/C17H36N2O/c1-6-11-19(15(4)5)12-9-16-8-7-10-17(16,13-20)18-14(2)3/h14-16,18,20H,6-13H2,1-5H3. The Labute approximate surface area is 126 Å². The van der Waals surface area contributed by atoms with Crippen LogP contribution in [0.25, 0.3) is 0 Å². The highest BCUT2D eigenvalue weighted by Gasteiger charge is 2.42. The van der Waals surface area contributed by atoms with Crippen LogP contribution in [-0.4, -0.2) is 47.3 Å². The summed E-state index contributed by atoms with van der Waals surface area (Å²) in [5.41, 5.74) is -0.0248. The molecule has 1 saturated carbocycles. The van der Waals surface area contributed by atoms with E-state index in [-0.39, 0.29) is 12.1 Å². The van der Waals surface area contributed by atoms with E-state index in [0.29, 0.717) is 18.0 Å². The number of rotatable bonds is 9. The monoisotopic (exact) mass is 284 g/mol. The summed E-state index contributed by atoms with van der Waals surface area (Å²) in [5, 5.41) is 13.6. The lowest BCUT2D eigenvalue weighted by molar-refractivity contribution is 0.0993. The number of nitrogens with one attached hydrogen (secondary N) is 1. The summed E-state index contributed by atoms with van der Waals surface area (Å²) in [6.45, 7) is 13.8.